The summed E-state index contributed by atoms with van der Waals surface area (Å²) in [4.78, 5) is 22.9. The second-order valence-electron chi connectivity index (χ2n) is 6.50. The molecule has 3 rings (SSSR count). The van der Waals surface area contributed by atoms with E-state index in [4.69, 9.17) is 4.74 Å². The molecule has 10 heteroatoms. The lowest BCUT2D eigenvalue weighted by Crippen LogP contribution is -2.28. The number of anilines is 1. The van der Waals surface area contributed by atoms with Gasteiger partial charge in [0.1, 0.15) is 5.82 Å². The quantitative estimate of drug-likeness (QED) is 0.241. The molecule has 2 N–H and O–H groups in total. The van der Waals surface area contributed by atoms with E-state index in [1.54, 1.807) is 36.8 Å². The van der Waals surface area contributed by atoms with Gasteiger partial charge in [-0.05, 0) is 23.6 Å². The number of nitrogens with one attached hydrogen (secondary N) is 2. The van der Waals surface area contributed by atoms with Crippen LogP contribution in [0.25, 0.3) is 11.0 Å². The zero-order valence-electron chi connectivity index (χ0n) is 18.1. The van der Waals surface area contributed by atoms with Crippen molar-refractivity contribution in [2.75, 3.05) is 43.6 Å². The molecule has 2 heterocycles. The molecule has 0 fully saturated rings. The summed E-state index contributed by atoms with van der Waals surface area (Å²) >= 11 is 3.25. The summed E-state index contributed by atoms with van der Waals surface area (Å²) in [6.07, 6.45) is 1.76. The Morgan fingerprint density at radius 3 is 2.71 bits per heavy atom. The number of aromatic nitrogens is 4. The fourth-order valence-electron chi connectivity index (χ4n) is 3.01. The average molecular weight is 461 g/mol. The first-order valence-corrected chi connectivity index (χ1v) is 12.2. The maximum absolute atomic E-state index is 12.7. The highest BCUT2D eigenvalue weighted by Gasteiger charge is 2.14. The summed E-state index contributed by atoms with van der Waals surface area (Å²) < 4.78 is 6.93. The Balaban J connectivity index is 1.72. The minimum Gasteiger partial charge on any atom is -0.383 e. The summed E-state index contributed by atoms with van der Waals surface area (Å²) in [6.45, 7) is 6.34. The summed E-state index contributed by atoms with van der Waals surface area (Å²) in [7, 11) is 1.67. The van der Waals surface area contributed by atoms with E-state index in [9.17, 15) is 4.79 Å². The number of carbonyl (C=O) groups excluding carboxylic acids is 1. The largest absolute Gasteiger partial charge is 0.383 e. The molecule has 0 saturated heterocycles. The van der Waals surface area contributed by atoms with Crippen molar-refractivity contribution < 1.29 is 9.53 Å². The molecule has 166 valence electrons. The number of thioether (sulfide) groups is 2. The number of hydrogen-bond acceptors (Lipinski definition) is 8. The van der Waals surface area contributed by atoms with Gasteiger partial charge < -0.3 is 15.4 Å². The zero-order valence-corrected chi connectivity index (χ0v) is 19.7. The van der Waals surface area contributed by atoms with Gasteiger partial charge in [0, 0.05) is 25.1 Å². The van der Waals surface area contributed by atoms with Crippen LogP contribution in [0, 0.1) is 0 Å². The van der Waals surface area contributed by atoms with E-state index in [2.05, 4.69) is 39.5 Å². The number of ether oxygens (including phenoxy) is 1. The standard InChI is InChI=1S/C21H28N6O2S2/c1-4-30-17-9-7-6-8-15(17)20(28)23-10-12-27-19-16(14-24-27)18(22-11-13-29-3)25-21(26-19)31-5-2/h6-9,14H,4-5,10-13H2,1-3H3,(H,23,28)(H,22,25,26). The SMILES string of the molecule is CCSc1nc(NCCOC)c2cnn(CCNC(=O)c3ccccc3SCC)c2n1. The van der Waals surface area contributed by atoms with Crippen molar-refractivity contribution in [2.45, 2.75) is 30.4 Å². The number of rotatable bonds is 12. The van der Waals surface area contributed by atoms with E-state index < -0.39 is 0 Å². The first kappa shape index (κ1) is 23.4. The molecule has 0 atom stereocenters. The number of carbonyl (C=O) groups is 1. The molecule has 31 heavy (non-hydrogen) atoms. The van der Waals surface area contributed by atoms with Gasteiger partial charge in [0.15, 0.2) is 10.8 Å². The van der Waals surface area contributed by atoms with Crippen molar-refractivity contribution in [3.8, 4) is 0 Å². The van der Waals surface area contributed by atoms with Gasteiger partial charge in [-0.25, -0.2) is 14.6 Å². The molecule has 8 nitrogen and oxygen atoms in total. The van der Waals surface area contributed by atoms with Crippen molar-refractivity contribution >= 4 is 46.3 Å². The fourth-order valence-corrected chi connectivity index (χ4v) is 4.37. The van der Waals surface area contributed by atoms with Crippen LogP contribution in [0.3, 0.4) is 0 Å². The normalized spacial score (nSPS) is 11.1. The molecule has 0 unspecified atom stereocenters. The summed E-state index contributed by atoms with van der Waals surface area (Å²) in [5.41, 5.74) is 1.45. The first-order valence-electron chi connectivity index (χ1n) is 10.3. The van der Waals surface area contributed by atoms with Crippen molar-refractivity contribution in [1.29, 1.82) is 0 Å². The van der Waals surface area contributed by atoms with Gasteiger partial charge in [-0.2, -0.15) is 5.10 Å². The number of benzene rings is 1. The van der Waals surface area contributed by atoms with Gasteiger partial charge in [-0.15, -0.1) is 11.8 Å². The van der Waals surface area contributed by atoms with Gasteiger partial charge in [0.2, 0.25) is 0 Å². The monoisotopic (exact) mass is 460 g/mol. The van der Waals surface area contributed by atoms with Crippen LogP contribution in [0.2, 0.25) is 0 Å². The Bertz CT molecular complexity index is 1010. The number of amides is 1. The van der Waals surface area contributed by atoms with Gasteiger partial charge in [-0.1, -0.05) is 37.7 Å². The van der Waals surface area contributed by atoms with Crippen molar-refractivity contribution in [2.24, 2.45) is 0 Å². The van der Waals surface area contributed by atoms with Crippen molar-refractivity contribution in [3.63, 3.8) is 0 Å². The fraction of sp³-hybridized carbons (Fsp3) is 0.429. The van der Waals surface area contributed by atoms with Crippen LogP contribution in [-0.4, -0.2) is 64.0 Å². The third-order valence-electron chi connectivity index (χ3n) is 4.39. The van der Waals surface area contributed by atoms with Crippen LogP contribution in [0.1, 0.15) is 24.2 Å². The van der Waals surface area contributed by atoms with Crippen molar-refractivity contribution in [1.82, 2.24) is 25.1 Å². The second kappa shape index (κ2) is 11.9. The smallest absolute Gasteiger partial charge is 0.252 e. The molecule has 0 saturated carbocycles. The van der Waals surface area contributed by atoms with E-state index >= 15 is 0 Å². The second-order valence-corrected chi connectivity index (χ2v) is 9.03. The van der Waals surface area contributed by atoms with Crippen LogP contribution >= 0.6 is 23.5 Å². The molecule has 0 aliphatic heterocycles. The lowest BCUT2D eigenvalue weighted by molar-refractivity contribution is 0.0949. The Hall–Kier alpha value is -2.30. The number of nitrogens with zero attached hydrogens (tertiary/aromatic N) is 4. The van der Waals surface area contributed by atoms with Crippen LogP contribution < -0.4 is 10.6 Å². The van der Waals surface area contributed by atoms with E-state index in [1.165, 1.54) is 0 Å². The van der Waals surface area contributed by atoms with Crippen LogP contribution in [0.15, 0.2) is 40.5 Å². The van der Waals surface area contributed by atoms with Gasteiger partial charge >= 0.3 is 0 Å². The third-order valence-corrected chi connectivity index (χ3v) is 6.07. The highest BCUT2D eigenvalue weighted by Crippen LogP contribution is 2.24. The molecule has 3 aromatic rings. The van der Waals surface area contributed by atoms with Gasteiger partial charge in [-0.3, -0.25) is 4.79 Å². The maximum atomic E-state index is 12.7. The van der Waals surface area contributed by atoms with Crippen LogP contribution in [0.4, 0.5) is 5.82 Å². The Morgan fingerprint density at radius 2 is 1.94 bits per heavy atom. The Morgan fingerprint density at radius 1 is 1.13 bits per heavy atom. The maximum Gasteiger partial charge on any atom is 0.252 e. The molecule has 0 spiro atoms. The highest BCUT2D eigenvalue weighted by molar-refractivity contribution is 7.99. The first-order chi connectivity index (χ1) is 15.2. The van der Waals surface area contributed by atoms with E-state index in [-0.39, 0.29) is 5.91 Å². The minimum absolute atomic E-state index is 0.0770. The van der Waals surface area contributed by atoms with Gasteiger partial charge in [0.25, 0.3) is 5.91 Å². The highest BCUT2D eigenvalue weighted by atomic mass is 32.2. The molecule has 1 amide bonds. The molecular weight excluding hydrogens is 432 g/mol. The topological polar surface area (TPSA) is 94.0 Å². The molecular formula is C21H28N6O2S2. The number of methoxy groups -OCH3 is 1. The molecule has 0 aliphatic rings. The summed E-state index contributed by atoms with van der Waals surface area (Å²) in [5.74, 6) is 2.47. The average Bonchev–Trinajstić information content (AvgIpc) is 3.18. The summed E-state index contributed by atoms with van der Waals surface area (Å²) in [6, 6.07) is 7.67. The lowest BCUT2D eigenvalue weighted by atomic mass is 10.2. The Labute approximate surface area is 190 Å². The van der Waals surface area contributed by atoms with E-state index in [0.717, 1.165) is 33.3 Å². The van der Waals surface area contributed by atoms with Crippen LogP contribution in [0.5, 0.6) is 0 Å². The minimum atomic E-state index is -0.0770. The van der Waals surface area contributed by atoms with Gasteiger partial charge in [0.05, 0.1) is 30.3 Å². The van der Waals surface area contributed by atoms with Crippen LogP contribution in [-0.2, 0) is 11.3 Å². The molecule has 1 aromatic carbocycles. The molecule has 0 radical (unpaired) electrons. The Kier molecular flexibility index (Phi) is 8.98. The van der Waals surface area contributed by atoms with E-state index in [0.29, 0.717) is 37.0 Å². The molecule has 0 aliphatic carbocycles. The third kappa shape index (κ3) is 6.11. The number of hydrogen-bond donors (Lipinski definition) is 2. The molecule has 0 bridgehead atoms. The van der Waals surface area contributed by atoms with E-state index in [1.807, 2.05) is 28.9 Å². The molecule has 2 aromatic heterocycles. The zero-order chi connectivity index (χ0) is 22.1. The summed E-state index contributed by atoms with van der Waals surface area (Å²) in [5, 5.41) is 12.3. The lowest BCUT2D eigenvalue weighted by Gasteiger charge is -2.10. The predicted octanol–water partition coefficient (Wildman–Crippen LogP) is 3.54. The van der Waals surface area contributed by atoms with Crippen molar-refractivity contribution in [3.05, 3.63) is 36.0 Å². The predicted molar refractivity (Wildman–Crippen MR) is 127 cm³/mol. The number of fused-ring (bicyclic) bond motifs is 1.